The Morgan fingerprint density at radius 2 is 1.72 bits per heavy atom. The molecule has 2 amide bonds. The van der Waals surface area contributed by atoms with E-state index in [0.29, 0.717) is 25.8 Å². The minimum atomic E-state index is -0.684. The van der Waals surface area contributed by atoms with E-state index in [4.69, 9.17) is 0 Å². The standard InChI is InChI=1S/C14H26N2O2/c1-5-11(6-2)16-10-9-12(17)15-14(7-3,8-4)13(16)18/h11H,5-10H2,1-4H3,(H,15,17). The van der Waals surface area contributed by atoms with Crippen molar-refractivity contribution in [1.82, 2.24) is 10.2 Å². The average Bonchev–Trinajstić information content (AvgIpc) is 2.51. The number of amides is 2. The van der Waals surface area contributed by atoms with Crippen LogP contribution in [0, 0.1) is 0 Å². The molecule has 0 aromatic rings. The van der Waals surface area contributed by atoms with Gasteiger partial charge in [-0.05, 0) is 25.7 Å². The molecule has 0 spiro atoms. The lowest BCUT2D eigenvalue weighted by Crippen LogP contribution is -2.58. The Morgan fingerprint density at radius 1 is 1.17 bits per heavy atom. The van der Waals surface area contributed by atoms with Gasteiger partial charge in [-0.2, -0.15) is 0 Å². The first-order valence-electron chi connectivity index (χ1n) is 7.16. The zero-order valence-electron chi connectivity index (χ0n) is 12.1. The summed E-state index contributed by atoms with van der Waals surface area (Å²) in [5.74, 6) is 0.104. The van der Waals surface area contributed by atoms with Crippen molar-refractivity contribution in [3.63, 3.8) is 0 Å². The van der Waals surface area contributed by atoms with Crippen LogP contribution in [-0.2, 0) is 9.59 Å². The van der Waals surface area contributed by atoms with Crippen LogP contribution in [-0.4, -0.2) is 34.8 Å². The highest BCUT2D eigenvalue weighted by Crippen LogP contribution is 2.24. The first kappa shape index (κ1) is 15.0. The molecule has 4 nitrogen and oxygen atoms in total. The minimum Gasteiger partial charge on any atom is -0.342 e. The molecule has 1 saturated heterocycles. The van der Waals surface area contributed by atoms with Crippen LogP contribution in [0.25, 0.3) is 0 Å². The number of carbonyl (C=O) groups is 2. The molecule has 4 heteroatoms. The second-order valence-corrected chi connectivity index (χ2v) is 5.06. The van der Waals surface area contributed by atoms with Crippen molar-refractivity contribution in [3.05, 3.63) is 0 Å². The molecule has 1 N–H and O–H groups in total. The molecular weight excluding hydrogens is 228 g/mol. The van der Waals surface area contributed by atoms with Crippen LogP contribution in [0.3, 0.4) is 0 Å². The van der Waals surface area contributed by atoms with E-state index < -0.39 is 5.54 Å². The average molecular weight is 254 g/mol. The quantitative estimate of drug-likeness (QED) is 0.816. The van der Waals surface area contributed by atoms with Crippen molar-refractivity contribution in [2.75, 3.05) is 6.54 Å². The molecule has 1 aliphatic rings. The Bertz CT molecular complexity index is 307. The Balaban J connectivity index is 3.06. The van der Waals surface area contributed by atoms with Crippen molar-refractivity contribution in [2.45, 2.75) is 71.4 Å². The van der Waals surface area contributed by atoms with Crippen LogP contribution in [0.15, 0.2) is 0 Å². The summed E-state index contributed by atoms with van der Waals surface area (Å²) in [6.07, 6.45) is 3.62. The van der Waals surface area contributed by atoms with E-state index in [-0.39, 0.29) is 17.9 Å². The molecule has 1 heterocycles. The van der Waals surface area contributed by atoms with E-state index in [1.165, 1.54) is 0 Å². The molecule has 0 radical (unpaired) electrons. The van der Waals surface area contributed by atoms with Crippen molar-refractivity contribution < 1.29 is 9.59 Å². The summed E-state index contributed by atoms with van der Waals surface area (Å²) in [6, 6.07) is 0.252. The number of nitrogens with zero attached hydrogens (tertiary/aromatic N) is 1. The summed E-state index contributed by atoms with van der Waals surface area (Å²) in [4.78, 5) is 26.5. The molecule has 0 aromatic heterocycles. The maximum Gasteiger partial charge on any atom is 0.248 e. The summed E-state index contributed by atoms with van der Waals surface area (Å²) in [7, 11) is 0. The fraction of sp³-hybridized carbons (Fsp3) is 0.857. The van der Waals surface area contributed by atoms with Crippen LogP contribution >= 0.6 is 0 Å². The molecule has 1 fully saturated rings. The van der Waals surface area contributed by atoms with E-state index in [9.17, 15) is 9.59 Å². The number of hydrogen-bond donors (Lipinski definition) is 1. The highest BCUT2D eigenvalue weighted by atomic mass is 16.2. The number of rotatable bonds is 5. The summed E-state index contributed by atoms with van der Waals surface area (Å²) in [5, 5.41) is 2.94. The topological polar surface area (TPSA) is 49.4 Å². The number of carbonyl (C=O) groups excluding carboxylic acids is 2. The zero-order chi connectivity index (χ0) is 13.8. The van der Waals surface area contributed by atoms with Gasteiger partial charge in [0.1, 0.15) is 5.54 Å². The highest BCUT2D eigenvalue weighted by Gasteiger charge is 2.43. The fourth-order valence-electron chi connectivity index (χ4n) is 2.79. The normalized spacial score (nSPS) is 19.9. The third kappa shape index (κ3) is 2.68. The zero-order valence-corrected chi connectivity index (χ0v) is 12.1. The van der Waals surface area contributed by atoms with Crippen LogP contribution in [0.5, 0.6) is 0 Å². The van der Waals surface area contributed by atoms with Gasteiger partial charge < -0.3 is 10.2 Å². The Kier molecular flexibility index (Phi) is 5.17. The Hall–Kier alpha value is -1.06. The molecule has 1 aliphatic heterocycles. The van der Waals surface area contributed by atoms with Gasteiger partial charge in [-0.25, -0.2) is 0 Å². The smallest absolute Gasteiger partial charge is 0.248 e. The highest BCUT2D eigenvalue weighted by molar-refractivity contribution is 5.93. The molecule has 104 valence electrons. The van der Waals surface area contributed by atoms with E-state index in [1.54, 1.807) is 0 Å². The molecule has 0 aliphatic carbocycles. The van der Waals surface area contributed by atoms with Gasteiger partial charge in [0.2, 0.25) is 11.8 Å². The minimum absolute atomic E-state index is 0.000469. The maximum absolute atomic E-state index is 12.7. The molecule has 0 saturated carbocycles. The summed E-state index contributed by atoms with van der Waals surface area (Å²) >= 11 is 0. The molecule has 0 unspecified atom stereocenters. The summed E-state index contributed by atoms with van der Waals surface area (Å²) in [5.41, 5.74) is -0.684. The van der Waals surface area contributed by atoms with Crippen LogP contribution < -0.4 is 5.32 Å². The number of nitrogens with one attached hydrogen (secondary N) is 1. The molecule has 0 aromatic carbocycles. The molecule has 0 bridgehead atoms. The van der Waals surface area contributed by atoms with E-state index in [2.05, 4.69) is 19.2 Å². The second-order valence-electron chi connectivity index (χ2n) is 5.06. The molecular formula is C14H26N2O2. The lowest BCUT2D eigenvalue weighted by atomic mass is 9.90. The third-order valence-corrected chi connectivity index (χ3v) is 4.22. The Labute approximate surface area is 110 Å². The van der Waals surface area contributed by atoms with E-state index >= 15 is 0 Å². The number of hydrogen-bond acceptors (Lipinski definition) is 2. The first-order chi connectivity index (χ1) is 8.54. The van der Waals surface area contributed by atoms with Gasteiger partial charge in [0.25, 0.3) is 0 Å². The molecule has 0 atom stereocenters. The van der Waals surface area contributed by atoms with Gasteiger partial charge in [-0.1, -0.05) is 27.7 Å². The van der Waals surface area contributed by atoms with Crippen LogP contribution in [0.4, 0.5) is 0 Å². The van der Waals surface area contributed by atoms with Gasteiger partial charge >= 0.3 is 0 Å². The van der Waals surface area contributed by atoms with Crippen LogP contribution in [0.1, 0.15) is 59.8 Å². The molecule has 18 heavy (non-hydrogen) atoms. The third-order valence-electron chi connectivity index (χ3n) is 4.22. The van der Waals surface area contributed by atoms with Gasteiger partial charge in [-0.15, -0.1) is 0 Å². The SMILES string of the molecule is CCC(CC)N1CCC(=O)NC(CC)(CC)C1=O. The van der Waals surface area contributed by atoms with Gasteiger partial charge in [0, 0.05) is 19.0 Å². The lowest BCUT2D eigenvalue weighted by molar-refractivity contribution is -0.141. The van der Waals surface area contributed by atoms with Crippen molar-refractivity contribution in [1.29, 1.82) is 0 Å². The van der Waals surface area contributed by atoms with Crippen molar-refractivity contribution >= 4 is 11.8 Å². The van der Waals surface area contributed by atoms with Crippen molar-refractivity contribution in [2.24, 2.45) is 0 Å². The summed E-state index contributed by atoms with van der Waals surface area (Å²) in [6.45, 7) is 8.69. The Morgan fingerprint density at radius 3 is 2.17 bits per heavy atom. The largest absolute Gasteiger partial charge is 0.342 e. The van der Waals surface area contributed by atoms with E-state index in [0.717, 1.165) is 12.8 Å². The van der Waals surface area contributed by atoms with Crippen LogP contribution in [0.2, 0.25) is 0 Å². The van der Waals surface area contributed by atoms with Gasteiger partial charge in [0.05, 0.1) is 0 Å². The molecule has 1 rings (SSSR count). The van der Waals surface area contributed by atoms with E-state index in [1.807, 2.05) is 18.7 Å². The summed E-state index contributed by atoms with van der Waals surface area (Å²) < 4.78 is 0. The van der Waals surface area contributed by atoms with Crippen molar-refractivity contribution in [3.8, 4) is 0 Å². The predicted molar refractivity (Wildman–Crippen MR) is 72.2 cm³/mol. The lowest BCUT2D eigenvalue weighted by Gasteiger charge is -2.37. The first-order valence-corrected chi connectivity index (χ1v) is 7.16. The van der Waals surface area contributed by atoms with Gasteiger partial charge in [-0.3, -0.25) is 9.59 Å². The second kappa shape index (κ2) is 6.21. The fourth-order valence-corrected chi connectivity index (χ4v) is 2.79. The van der Waals surface area contributed by atoms with Gasteiger partial charge in [0.15, 0.2) is 0 Å². The monoisotopic (exact) mass is 254 g/mol. The maximum atomic E-state index is 12.7. The predicted octanol–water partition coefficient (Wildman–Crippen LogP) is 2.08.